The van der Waals surface area contributed by atoms with E-state index in [1.807, 2.05) is 32.0 Å². The van der Waals surface area contributed by atoms with Crippen LogP contribution >= 0.6 is 11.8 Å². The molecule has 2 N–H and O–H groups in total. The summed E-state index contributed by atoms with van der Waals surface area (Å²) in [5, 5.41) is 3.82. The molecule has 3 rings (SSSR count). The van der Waals surface area contributed by atoms with Crippen LogP contribution in [0, 0.1) is 12.8 Å². The Kier molecular flexibility index (Phi) is 6.78. The number of thioether (sulfide) groups is 1. The number of aromatic nitrogens is 2. The number of H-pyrrole nitrogens is 1. The topological polar surface area (TPSA) is 57.8 Å². The zero-order valence-electron chi connectivity index (χ0n) is 15.8. The van der Waals surface area contributed by atoms with Gasteiger partial charge in [-0.05, 0) is 38.2 Å². The first-order chi connectivity index (χ1) is 12.6. The van der Waals surface area contributed by atoms with Gasteiger partial charge in [0.25, 0.3) is 0 Å². The lowest BCUT2D eigenvalue weighted by molar-refractivity contribution is -0.120. The van der Waals surface area contributed by atoms with Gasteiger partial charge in [0.2, 0.25) is 5.91 Å². The van der Waals surface area contributed by atoms with Gasteiger partial charge < -0.3 is 10.3 Å². The molecule has 0 aliphatic heterocycles. The number of nitrogens with one attached hydrogen (secondary N) is 2. The fourth-order valence-electron chi connectivity index (χ4n) is 3.48. The third-order valence-electron chi connectivity index (χ3n) is 5.13. The van der Waals surface area contributed by atoms with Crippen LogP contribution in [0.4, 0.5) is 0 Å². The minimum atomic E-state index is -0.145. The Labute approximate surface area is 160 Å². The summed E-state index contributed by atoms with van der Waals surface area (Å²) in [6.45, 7) is 4.82. The zero-order chi connectivity index (χ0) is 18.4. The zero-order valence-corrected chi connectivity index (χ0v) is 16.6. The average Bonchev–Trinajstić information content (AvgIpc) is 3.00. The second-order valence-corrected chi connectivity index (χ2v) is 8.61. The summed E-state index contributed by atoms with van der Waals surface area (Å²) in [6.07, 6.45) is 7.28. The van der Waals surface area contributed by atoms with E-state index < -0.39 is 0 Å². The molecular formula is C21H29N3OS. The minimum Gasteiger partial charge on any atom is -0.355 e. The van der Waals surface area contributed by atoms with Crippen LogP contribution in [-0.4, -0.2) is 27.7 Å². The van der Waals surface area contributed by atoms with Crippen LogP contribution in [-0.2, 0) is 11.2 Å². The number of hydrogen-bond acceptors (Lipinski definition) is 3. The van der Waals surface area contributed by atoms with E-state index in [1.165, 1.54) is 49.4 Å². The Hall–Kier alpha value is -1.75. The molecule has 1 amide bonds. The van der Waals surface area contributed by atoms with Crippen LogP contribution in [0.15, 0.2) is 35.5 Å². The van der Waals surface area contributed by atoms with Gasteiger partial charge in [-0.3, -0.25) is 4.79 Å². The third-order valence-corrected chi connectivity index (χ3v) is 6.11. The SMILES string of the molecule is Cc1[nH]c(SC(C)C(=O)NCC2CCCCC2)nc1Cc1ccccc1. The summed E-state index contributed by atoms with van der Waals surface area (Å²) in [7, 11) is 0. The maximum atomic E-state index is 12.4. The average molecular weight is 372 g/mol. The molecule has 0 spiro atoms. The van der Waals surface area contributed by atoms with Gasteiger partial charge in [-0.15, -0.1) is 0 Å². The van der Waals surface area contributed by atoms with Gasteiger partial charge in [0.1, 0.15) is 0 Å². The van der Waals surface area contributed by atoms with Crippen molar-refractivity contribution in [1.82, 2.24) is 15.3 Å². The van der Waals surface area contributed by atoms with Crippen molar-refractivity contribution in [3.8, 4) is 0 Å². The standard InChI is InChI=1S/C21H29N3OS/c1-15-19(13-17-9-5-3-6-10-17)24-21(23-15)26-16(2)20(25)22-14-18-11-7-4-8-12-18/h3,5-6,9-10,16,18H,4,7-8,11-14H2,1-2H3,(H,22,25)(H,23,24). The van der Waals surface area contributed by atoms with Gasteiger partial charge in [-0.1, -0.05) is 61.4 Å². The summed E-state index contributed by atoms with van der Waals surface area (Å²) < 4.78 is 0. The lowest BCUT2D eigenvalue weighted by Gasteiger charge is -2.22. The Morgan fingerprint density at radius 2 is 2.00 bits per heavy atom. The lowest BCUT2D eigenvalue weighted by Crippen LogP contribution is -2.35. The molecule has 26 heavy (non-hydrogen) atoms. The number of rotatable bonds is 7. The van der Waals surface area contributed by atoms with E-state index in [2.05, 4.69) is 22.4 Å². The highest BCUT2D eigenvalue weighted by Gasteiger charge is 2.19. The lowest BCUT2D eigenvalue weighted by atomic mass is 9.89. The van der Waals surface area contributed by atoms with Crippen LogP contribution in [0.1, 0.15) is 56.0 Å². The fourth-order valence-corrected chi connectivity index (χ4v) is 4.39. The van der Waals surface area contributed by atoms with E-state index in [9.17, 15) is 4.79 Å². The highest BCUT2D eigenvalue weighted by Crippen LogP contribution is 2.25. The van der Waals surface area contributed by atoms with E-state index >= 15 is 0 Å². The van der Waals surface area contributed by atoms with Gasteiger partial charge in [-0.25, -0.2) is 4.98 Å². The van der Waals surface area contributed by atoms with Crippen molar-refractivity contribution in [2.45, 2.75) is 62.8 Å². The molecule has 0 saturated heterocycles. The second kappa shape index (κ2) is 9.26. The molecule has 2 aromatic rings. The van der Waals surface area contributed by atoms with E-state index in [1.54, 1.807) is 0 Å². The number of imidazole rings is 1. The van der Waals surface area contributed by atoms with Gasteiger partial charge in [0.05, 0.1) is 10.9 Å². The maximum Gasteiger partial charge on any atom is 0.233 e. The van der Waals surface area contributed by atoms with Crippen molar-refractivity contribution in [3.05, 3.63) is 47.3 Å². The quantitative estimate of drug-likeness (QED) is 0.705. The Morgan fingerprint density at radius 3 is 2.73 bits per heavy atom. The Balaban J connectivity index is 1.51. The molecule has 0 bridgehead atoms. The van der Waals surface area contributed by atoms with Crippen molar-refractivity contribution in [3.63, 3.8) is 0 Å². The van der Waals surface area contributed by atoms with Crippen LogP contribution in [0.25, 0.3) is 0 Å². The number of aromatic amines is 1. The molecule has 140 valence electrons. The van der Waals surface area contributed by atoms with Crippen molar-refractivity contribution in [2.24, 2.45) is 5.92 Å². The van der Waals surface area contributed by atoms with E-state index in [4.69, 9.17) is 4.98 Å². The molecule has 1 fully saturated rings. The van der Waals surface area contributed by atoms with Crippen LogP contribution in [0.2, 0.25) is 0 Å². The number of carbonyl (C=O) groups excluding carboxylic acids is 1. The Morgan fingerprint density at radius 1 is 1.27 bits per heavy atom. The first-order valence-corrected chi connectivity index (χ1v) is 10.5. The number of hydrogen-bond donors (Lipinski definition) is 2. The third kappa shape index (κ3) is 5.37. The first-order valence-electron chi connectivity index (χ1n) is 9.65. The molecule has 1 saturated carbocycles. The van der Waals surface area contributed by atoms with Gasteiger partial charge in [-0.2, -0.15) is 0 Å². The summed E-state index contributed by atoms with van der Waals surface area (Å²) in [4.78, 5) is 20.4. The molecular weight excluding hydrogens is 342 g/mol. The molecule has 1 aromatic carbocycles. The smallest absolute Gasteiger partial charge is 0.233 e. The molecule has 1 aliphatic rings. The van der Waals surface area contributed by atoms with E-state index in [0.717, 1.165) is 29.5 Å². The van der Waals surface area contributed by atoms with Crippen molar-refractivity contribution in [1.29, 1.82) is 0 Å². The molecule has 1 aromatic heterocycles. The summed E-state index contributed by atoms with van der Waals surface area (Å²) >= 11 is 1.51. The highest BCUT2D eigenvalue weighted by molar-refractivity contribution is 8.00. The predicted molar refractivity (Wildman–Crippen MR) is 107 cm³/mol. The van der Waals surface area contributed by atoms with Gasteiger partial charge in [0, 0.05) is 18.7 Å². The predicted octanol–water partition coefficient (Wildman–Crippen LogP) is 4.49. The molecule has 1 atom stereocenters. The maximum absolute atomic E-state index is 12.4. The summed E-state index contributed by atoms with van der Waals surface area (Å²) in [6, 6.07) is 10.3. The number of nitrogens with zero attached hydrogens (tertiary/aromatic N) is 1. The molecule has 1 heterocycles. The molecule has 5 heteroatoms. The molecule has 0 radical (unpaired) electrons. The Bertz CT molecular complexity index is 707. The van der Waals surface area contributed by atoms with E-state index in [0.29, 0.717) is 5.92 Å². The molecule has 4 nitrogen and oxygen atoms in total. The fraction of sp³-hybridized carbons (Fsp3) is 0.524. The normalized spacial score (nSPS) is 16.4. The van der Waals surface area contributed by atoms with E-state index in [-0.39, 0.29) is 11.2 Å². The number of amides is 1. The number of benzene rings is 1. The first kappa shape index (κ1) is 19.0. The second-order valence-electron chi connectivity index (χ2n) is 7.29. The van der Waals surface area contributed by atoms with Crippen LogP contribution < -0.4 is 5.32 Å². The summed E-state index contributed by atoms with van der Waals surface area (Å²) in [5.74, 6) is 0.771. The van der Waals surface area contributed by atoms with Crippen molar-refractivity contribution in [2.75, 3.05) is 6.54 Å². The van der Waals surface area contributed by atoms with Gasteiger partial charge >= 0.3 is 0 Å². The summed E-state index contributed by atoms with van der Waals surface area (Å²) in [5.41, 5.74) is 3.37. The van der Waals surface area contributed by atoms with Crippen molar-refractivity contribution < 1.29 is 4.79 Å². The minimum absolute atomic E-state index is 0.110. The van der Waals surface area contributed by atoms with Gasteiger partial charge in [0.15, 0.2) is 5.16 Å². The monoisotopic (exact) mass is 371 g/mol. The highest BCUT2D eigenvalue weighted by atomic mass is 32.2. The largest absolute Gasteiger partial charge is 0.355 e. The molecule has 1 aliphatic carbocycles. The van der Waals surface area contributed by atoms with Crippen molar-refractivity contribution >= 4 is 17.7 Å². The van der Waals surface area contributed by atoms with Crippen LogP contribution in [0.5, 0.6) is 0 Å². The van der Waals surface area contributed by atoms with Crippen LogP contribution in [0.3, 0.4) is 0 Å². The number of aryl methyl sites for hydroxylation is 1. The number of carbonyl (C=O) groups is 1. The molecule has 1 unspecified atom stereocenters.